The first kappa shape index (κ1) is 12.6. The van der Waals surface area contributed by atoms with Gasteiger partial charge in [-0.3, -0.25) is 9.69 Å². The molecule has 4 nitrogen and oxygen atoms in total. The van der Waals surface area contributed by atoms with Crippen molar-refractivity contribution in [2.45, 2.75) is 32.2 Å². The van der Waals surface area contributed by atoms with Gasteiger partial charge in [0.2, 0.25) is 0 Å². The molecule has 1 unspecified atom stereocenters. The molecule has 3 amide bonds. The smallest absolute Gasteiger partial charge is 0.319 e. The van der Waals surface area contributed by atoms with E-state index in [0.29, 0.717) is 6.54 Å². The number of benzene rings is 1. The molecular formula is C14H18N2O2. The van der Waals surface area contributed by atoms with Crippen molar-refractivity contribution < 1.29 is 9.59 Å². The van der Waals surface area contributed by atoms with E-state index in [-0.39, 0.29) is 11.9 Å². The molecule has 0 aromatic heterocycles. The van der Waals surface area contributed by atoms with Crippen LogP contribution in [0.3, 0.4) is 0 Å². The van der Waals surface area contributed by atoms with Gasteiger partial charge in [0.05, 0.1) is 0 Å². The summed E-state index contributed by atoms with van der Waals surface area (Å²) >= 11 is 0. The second-order valence-corrected chi connectivity index (χ2v) is 4.73. The van der Waals surface area contributed by atoms with Crippen LogP contribution in [-0.4, -0.2) is 23.4 Å². The van der Waals surface area contributed by atoms with Crippen LogP contribution < -0.4 is 5.32 Å². The molecular weight excluding hydrogens is 228 g/mol. The Balaban J connectivity index is 2.26. The zero-order valence-electron chi connectivity index (χ0n) is 10.8. The topological polar surface area (TPSA) is 49.4 Å². The van der Waals surface area contributed by atoms with E-state index in [1.54, 1.807) is 6.92 Å². The molecule has 1 aliphatic rings. The maximum atomic E-state index is 12.4. The highest BCUT2D eigenvalue weighted by atomic mass is 16.2. The molecule has 4 heteroatoms. The Labute approximate surface area is 107 Å². The predicted octanol–water partition coefficient (Wildman–Crippen LogP) is 2.25. The lowest BCUT2D eigenvalue weighted by atomic mass is 9.92. The Morgan fingerprint density at radius 3 is 2.50 bits per heavy atom. The molecule has 1 atom stereocenters. The molecule has 96 valence electrons. The molecule has 0 spiro atoms. The van der Waals surface area contributed by atoms with Gasteiger partial charge in [-0.1, -0.05) is 43.7 Å². The maximum Gasteiger partial charge on any atom is 0.325 e. The van der Waals surface area contributed by atoms with Crippen molar-refractivity contribution in [3.05, 3.63) is 35.9 Å². The largest absolute Gasteiger partial charge is 0.325 e. The quantitative estimate of drug-likeness (QED) is 0.828. The number of rotatable bonds is 4. The maximum absolute atomic E-state index is 12.4. The molecule has 1 saturated heterocycles. The monoisotopic (exact) mass is 246 g/mol. The van der Waals surface area contributed by atoms with Gasteiger partial charge in [-0.25, -0.2) is 4.79 Å². The van der Waals surface area contributed by atoms with E-state index in [1.807, 2.05) is 37.3 Å². The van der Waals surface area contributed by atoms with Gasteiger partial charge in [0.15, 0.2) is 0 Å². The summed E-state index contributed by atoms with van der Waals surface area (Å²) in [5, 5.41) is 2.79. The third kappa shape index (κ3) is 1.98. The van der Waals surface area contributed by atoms with Crippen LogP contribution in [0.1, 0.15) is 32.3 Å². The van der Waals surface area contributed by atoms with E-state index >= 15 is 0 Å². The van der Waals surface area contributed by atoms with Crippen LogP contribution in [0.15, 0.2) is 30.3 Å². The number of amides is 3. The Hall–Kier alpha value is -1.84. The van der Waals surface area contributed by atoms with Crippen LogP contribution >= 0.6 is 0 Å². The fraction of sp³-hybridized carbons (Fsp3) is 0.429. The molecule has 0 aliphatic carbocycles. The van der Waals surface area contributed by atoms with Crippen molar-refractivity contribution in [2.75, 3.05) is 6.54 Å². The fourth-order valence-electron chi connectivity index (χ4n) is 2.18. The minimum absolute atomic E-state index is 0.160. The standard InChI is InChI=1S/C14H18N2O2/c1-3-4-10-16-12(17)14(2,15-13(16)18)11-8-6-5-7-9-11/h5-9H,3-4,10H2,1-2H3,(H,15,18). The van der Waals surface area contributed by atoms with Crippen LogP contribution in [0.2, 0.25) is 0 Å². The summed E-state index contributed by atoms with van der Waals surface area (Å²) in [7, 11) is 0. The van der Waals surface area contributed by atoms with E-state index in [0.717, 1.165) is 18.4 Å². The molecule has 18 heavy (non-hydrogen) atoms. The lowest BCUT2D eigenvalue weighted by Crippen LogP contribution is -2.40. The molecule has 0 bridgehead atoms. The van der Waals surface area contributed by atoms with Gasteiger partial charge in [-0.05, 0) is 18.9 Å². The number of unbranched alkanes of at least 4 members (excludes halogenated alkanes) is 1. The molecule has 1 N–H and O–H groups in total. The Kier molecular flexibility index (Phi) is 3.36. The Morgan fingerprint density at radius 1 is 1.22 bits per heavy atom. The Bertz CT molecular complexity index is 458. The van der Waals surface area contributed by atoms with Gasteiger partial charge in [-0.2, -0.15) is 0 Å². The van der Waals surface area contributed by atoms with Gasteiger partial charge >= 0.3 is 6.03 Å². The number of carbonyl (C=O) groups excluding carboxylic acids is 2. The first-order chi connectivity index (χ1) is 8.59. The second-order valence-electron chi connectivity index (χ2n) is 4.73. The number of imide groups is 1. The highest BCUT2D eigenvalue weighted by molar-refractivity contribution is 6.07. The second kappa shape index (κ2) is 4.80. The minimum Gasteiger partial charge on any atom is -0.319 e. The predicted molar refractivity (Wildman–Crippen MR) is 68.9 cm³/mol. The van der Waals surface area contributed by atoms with Crippen LogP contribution in [-0.2, 0) is 10.3 Å². The summed E-state index contributed by atoms with van der Waals surface area (Å²) in [4.78, 5) is 25.6. The first-order valence-corrected chi connectivity index (χ1v) is 6.29. The number of nitrogens with one attached hydrogen (secondary N) is 1. The average Bonchev–Trinajstić information content (AvgIpc) is 2.60. The summed E-state index contributed by atoms with van der Waals surface area (Å²) in [6.07, 6.45) is 1.79. The fourth-order valence-corrected chi connectivity index (χ4v) is 2.18. The van der Waals surface area contributed by atoms with Crippen LogP contribution in [0.5, 0.6) is 0 Å². The molecule has 2 rings (SSSR count). The zero-order chi connectivity index (χ0) is 13.2. The minimum atomic E-state index is -0.925. The van der Waals surface area contributed by atoms with E-state index in [9.17, 15) is 9.59 Å². The van der Waals surface area contributed by atoms with Crippen molar-refractivity contribution in [1.29, 1.82) is 0 Å². The normalized spacial score (nSPS) is 23.3. The van der Waals surface area contributed by atoms with Gasteiger partial charge < -0.3 is 5.32 Å². The van der Waals surface area contributed by atoms with E-state index in [1.165, 1.54) is 4.90 Å². The first-order valence-electron chi connectivity index (χ1n) is 6.29. The highest BCUT2D eigenvalue weighted by Gasteiger charge is 2.48. The summed E-state index contributed by atoms with van der Waals surface area (Å²) in [6.45, 7) is 4.28. The van der Waals surface area contributed by atoms with E-state index in [2.05, 4.69) is 5.32 Å². The van der Waals surface area contributed by atoms with E-state index < -0.39 is 5.54 Å². The van der Waals surface area contributed by atoms with Crippen molar-refractivity contribution >= 4 is 11.9 Å². The number of nitrogens with zero attached hydrogens (tertiary/aromatic N) is 1. The van der Waals surface area contributed by atoms with Crippen LogP contribution in [0.4, 0.5) is 4.79 Å². The van der Waals surface area contributed by atoms with Crippen molar-refractivity contribution in [3.63, 3.8) is 0 Å². The van der Waals surface area contributed by atoms with Crippen LogP contribution in [0.25, 0.3) is 0 Å². The average molecular weight is 246 g/mol. The summed E-state index contributed by atoms with van der Waals surface area (Å²) in [5.74, 6) is -0.160. The molecule has 0 saturated carbocycles. The molecule has 1 heterocycles. The molecule has 1 aliphatic heterocycles. The molecule has 0 radical (unpaired) electrons. The zero-order valence-corrected chi connectivity index (χ0v) is 10.8. The van der Waals surface area contributed by atoms with Gasteiger partial charge in [0.25, 0.3) is 5.91 Å². The van der Waals surface area contributed by atoms with Crippen LogP contribution in [0, 0.1) is 0 Å². The lowest BCUT2D eigenvalue weighted by Gasteiger charge is -2.22. The third-order valence-corrected chi connectivity index (χ3v) is 3.36. The SMILES string of the molecule is CCCCN1C(=O)NC(C)(c2ccccc2)C1=O. The summed E-state index contributed by atoms with van der Waals surface area (Å²) in [5.41, 5.74) is -0.103. The molecule has 1 fully saturated rings. The summed E-state index contributed by atoms with van der Waals surface area (Å²) < 4.78 is 0. The molecule has 1 aromatic carbocycles. The highest BCUT2D eigenvalue weighted by Crippen LogP contribution is 2.28. The molecule has 1 aromatic rings. The van der Waals surface area contributed by atoms with Gasteiger partial charge in [0, 0.05) is 6.54 Å². The van der Waals surface area contributed by atoms with Crippen molar-refractivity contribution in [3.8, 4) is 0 Å². The van der Waals surface area contributed by atoms with Crippen molar-refractivity contribution in [1.82, 2.24) is 10.2 Å². The number of hydrogen-bond acceptors (Lipinski definition) is 2. The van der Waals surface area contributed by atoms with Crippen molar-refractivity contribution in [2.24, 2.45) is 0 Å². The van der Waals surface area contributed by atoms with Gasteiger partial charge in [0.1, 0.15) is 5.54 Å². The summed E-state index contributed by atoms with van der Waals surface area (Å²) in [6, 6.07) is 9.06. The van der Waals surface area contributed by atoms with E-state index in [4.69, 9.17) is 0 Å². The number of urea groups is 1. The third-order valence-electron chi connectivity index (χ3n) is 3.36. The lowest BCUT2D eigenvalue weighted by molar-refractivity contribution is -0.131. The number of carbonyl (C=O) groups is 2. The number of hydrogen-bond donors (Lipinski definition) is 1. The Morgan fingerprint density at radius 2 is 1.89 bits per heavy atom. The van der Waals surface area contributed by atoms with Gasteiger partial charge in [-0.15, -0.1) is 0 Å².